The summed E-state index contributed by atoms with van der Waals surface area (Å²) in [6.45, 7) is 7.89. The summed E-state index contributed by atoms with van der Waals surface area (Å²) in [7, 11) is 0. The Morgan fingerprint density at radius 1 is 1.40 bits per heavy atom. The van der Waals surface area contributed by atoms with Crippen LogP contribution in [0.5, 0.6) is 0 Å². The maximum Gasteiger partial charge on any atom is 0.340 e. The average molecular weight is 337 g/mol. The molecule has 0 radical (unpaired) electrons. The van der Waals surface area contributed by atoms with Crippen LogP contribution in [-0.4, -0.2) is 23.0 Å². The predicted octanol–water partition coefficient (Wildman–Crippen LogP) is 4.13. The Bertz CT molecular complexity index is 697. The van der Waals surface area contributed by atoms with E-state index in [1.54, 1.807) is 11.6 Å². The first kappa shape index (κ1) is 14.8. The monoisotopic (exact) mass is 336 g/mol. The number of esters is 1. The van der Waals surface area contributed by atoms with Crippen LogP contribution in [0.1, 0.15) is 36.8 Å². The lowest BCUT2D eigenvalue weighted by Crippen LogP contribution is -2.06. The highest BCUT2D eigenvalue weighted by Gasteiger charge is 2.21. The Morgan fingerprint density at radius 3 is 2.70 bits per heavy atom. The number of halogens is 1. The van der Waals surface area contributed by atoms with Crippen LogP contribution in [0.4, 0.5) is 0 Å². The van der Waals surface area contributed by atoms with E-state index in [9.17, 15) is 4.79 Å². The Hall–Kier alpha value is -1.62. The highest BCUT2D eigenvalue weighted by molar-refractivity contribution is 9.10. The summed E-state index contributed by atoms with van der Waals surface area (Å²) in [5.74, 6) is -0.309. The van der Waals surface area contributed by atoms with Crippen LogP contribution in [0.2, 0.25) is 0 Å². The van der Waals surface area contributed by atoms with Crippen molar-refractivity contribution in [3.63, 3.8) is 0 Å². The zero-order chi connectivity index (χ0) is 14.9. The van der Waals surface area contributed by atoms with Crippen LogP contribution in [0, 0.1) is 6.92 Å². The fourth-order valence-electron chi connectivity index (χ4n) is 2.16. The minimum atomic E-state index is -0.309. The number of hydrogen-bond donors (Lipinski definition) is 0. The van der Waals surface area contributed by atoms with E-state index in [1.165, 1.54) is 0 Å². The minimum absolute atomic E-state index is 0.309. The number of nitrogens with zero attached hydrogens (tertiary/aromatic N) is 2. The first-order valence-electron chi connectivity index (χ1n) is 6.45. The second kappa shape index (κ2) is 5.79. The summed E-state index contributed by atoms with van der Waals surface area (Å²) < 4.78 is 7.88. The molecule has 0 saturated carbocycles. The lowest BCUT2D eigenvalue weighted by atomic mass is 10.1. The molecule has 1 aromatic heterocycles. The van der Waals surface area contributed by atoms with Crippen LogP contribution in [0.25, 0.3) is 10.9 Å². The molecule has 0 spiro atoms. The van der Waals surface area contributed by atoms with Crippen LogP contribution < -0.4 is 0 Å². The van der Waals surface area contributed by atoms with E-state index in [0.717, 1.165) is 26.8 Å². The molecular formula is C15H17BrN2O2. The number of aromatic nitrogens is 1. The first-order valence-corrected chi connectivity index (χ1v) is 7.24. The zero-order valence-corrected chi connectivity index (χ0v) is 13.6. The van der Waals surface area contributed by atoms with Crippen LogP contribution in [0.15, 0.2) is 27.8 Å². The van der Waals surface area contributed by atoms with Crippen molar-refractivity contribution in [1.82, 2.24) is 4.68 Å². The standard InChI is InChI=1S/C15H17BrN2O2/c1-5-20-15(19)14-10(4)18(17-9(2)3)13-7-6-11(16)8-12(13)14/h6-8H,5H2,1-4H3. The molecule has 0 aliphatic carbocycles. The third-order valence-electron chi connectivity index (χ3n) is 2.92. The average Bonchev–Trinajstić information content (AvgIpc) is 2.61. The van der Waals surface area contributed by atoms with Gasteiger partial charge in [0, 0.05) is 15.6 Å². The summed E-state index contributed by atoms with van der Waals surface area (Å²) in [6.07, 6.45) is 0. The Labute approximate surface area is 126 Å². The molecule has 4 nitrogen and oxygen atoms in total. The largest absolute Gasteiger partial charge is 0.462 e. The number of hydrogen-bond acceptors (Lipinski definition) is 3. The third kappa shape index (κ3) is 2.63. The van der Waals surface area contributed by atoms with Crippen LogP contribution >= 0.6 is 15.9 Å². The van der Waals surface area contributed by atoms with Crippen molar-refractivity contribution in [1.29, 1.82) is 0 Å². The van der Waals surface area contributed by atoms with Gasteiger partial charge in [0.05, 0.1) is 23.4 Å². The highest BCUT2D eigenvalue weighted by atomic mass is 79.9. The number of carbonyl (C=O) groups is 1. The summed E-state index contributed by atoms with van der Waals surface area (Å²) in [4.78, 5) is 12.2. The molecule has 106 valence electrons. The number of ether oxygens (including phenoxy) is 1. The highest BCUT2D eigenvalue weighted by Crippen LogP contribution is 2.29. The molecule has 0 saturated heterocycles. The first-order chi connectivity index (χ1) is 9.45. The second-order valence-corrected chi connectivity index (χ2v) is 5.62. The van der Waals surface area contributed by atoms with Crippen molar-refractivity contribution in [2.75, 3.05) is 6.61 Å². The van der Waals surface area contributed by atoms with E-state index in [1.807, 2.05) is 39.0 Å². The smallest absolute Gasteiger partial charge is 0.340 e. The van der Waals surface area contributed by atoms with Crippen molar-refractivity contribution >= 4 is 38.5 Å². The third-order valence-corrected chi connectivity index (χ3v) is 3.41. The molecule has 2 aromatic rings. The Balaban J connectivity index is 2.79. The van der Waals surface area contributed by atoms with Gasteiger partial charge < -0.3 is 4.74 Å². The van der Waals surface area contributed by atoms with Gasteiger partial charge in [-0.15, -0.1) is 0 Å². The van der Waals surface area contributed by atoms with E-state index in [-0.39, 0.29) is 5.97 Å². The summed E-state index contributed by atoms with van der Waals surface area (Å²) in [5, 5.41) is 5.34. The topological polar surface area (TPSA) is 43.6 Å². The lowest BCUT2D eigenvalue weighted by molar-refractivity contribution is 0.0527. The van der Waals surface area contributed by atoms with Gasteiger partial charge in [-0.1, -0.05) is 15.9 Å². The van der Waals surface area contributed by atoms with Gasteiger partial charge in [0.1, 0.15) is 0 Å². The molecule has 1 heterocycles. The van der Waals surface area contributed by atoms with Gasteiger partial charge in [0.2, 0.25) is 0 Å². The van der Waals surface area contributed by atoms with Gasteiger partial charge in [-0.3, -0.25) is 0 Å². The molecule has 0 unspecified atom stereocenters. The van der Waals surface area contributed by atoms with Crippen molar-refractivity contribution in [2.45, 2.75) is 27.7 Å². The van der Waals surface area contributed by atoms with Gasteiger partial charge in [-0.2, -0.15) is 5.10 Å². The fourth-order valence-corrected chi connectivity index (χ4v) is 2.53. The van der Waals surface area contributed by atoms with Gasteiger partial charge in [-0.25, -0.2) is 9.47 Å². The minimum Gasteiger partial charge on any atom is -0.462 e. The fraction of sp³-hybridized carbons (Fsp3) is 0.333. The predicted molar refractivity (Wildman–Crippen MR) is 84.5 cm³/mol. The van der Waals surface area contributed by atoms with Crippen molar-refractivity contribution in [2.24, 2.45) is 5.10 Å². The van der Waals surface area contributed by atoms with Gasteiger partial charge in [0.15, 0.2) is 0 Å². The molecule has 0 bridgehead atoms. The number of rotatable bonds is 3. The number of benzene rings is 1. The van der Waals surface area contributed by atoms with Crippen molar-refractivity contribution in [3.8, 4) is 0 Å². The molecule has 0 aliphatic heterocycles. The number of fused-ring (bicyclic) bond motifs is 1. The van der Waals surface area contributed by atoms with E-state index in [2.05, 4.69) is 21.0 Å². The molecule has 20 heavy (non-hydrogen) atoms. The normalized spacial score (nSPS) is 10.7. The van der Waals surface area contributed by atoms with Gasteiger partial charge in [0.25, 0.3) is 0 Å². The summed E-state index contributed by atoms with van der Waals surface area (Å²) >= 11 is 3.44. The molecule has 5 heteroatoms. The van der Waals surface area contributed by atoms with Gasteiger partial charge >= 0.3 is 5.97 Å². The molecule has 0 fully saturated rings. The molecule has 0 N–H and O–H groups in total. The molecule has 2 rings (SSSR count). The molecule has 1 aromatic carbocycles. The molecular weight excluding hydrogens is 320 g/mol. The lowest BCUT2D eigenvalue weighted by Gasteiger charge is -2.03. The van der Waals surface area contributed by atoms with E-state index < -0.39 is 0 Å². The van der Waals surface area contributed by atoms with Crippen LogP contribution in [-0.2, 0) is 4.74 Å². The SMILES string of the molecule is CCOC(=O)c1c(C)n(N=C(C)C)c2ccc(Br)cc12. The molecule has 0 atom stereocenters. The second-order valence-electron chi connectivity index (χ2n) is 4.70. The maximum absolute atomic E-state index is 12.2. The quantitative estimate of drug-likeness (QED) is 0.624. The Kier molecular flexibility index (Phi) is 4.28. The summed E-state index contributed by atoms with van der Waals surface area (Å²) in [6, 6.07) is 5.81. The summed E-state index contributed by atoms with van der Waals surface area (Å²) in [5.41, 5.74) is 3.18. The maximum atomic E-state index is 12.2. The van der Waals surface area contributed by atoms with E-state index in [0.29, 0.717) is 12.2 Å². The van der Waals surface area contributed by atoms with Crippen molar-refractivity contribution < 1.29 is 9.53 Å². The Morgan fingerprint density at radius 2 is 2.10 bits per heavy atom. The van der Waals surface area contributed by atoms with Crippen LogP contribution in [0.3, 0.4) is 0 Å². The van der Waals surface area contributed by atoms with E-state index in [4.69, 9.17) is 4.74 Å². The molecule has 0 aliphatic rings. The van der Waals surface area contributed by atoms with E-state index >= 15 is 0 Å². The number of carbonyl (C=O) groups excluding carboxylic acids is 1. The van der Waals surface area contributed by atoms with Gasteiger partial charge in [-0.05, 0) is 45.9 Å². The molecule has 0 amide bonds. The van der Waals surface area contributed by atoms with Crippen molar-refractivity contribution in [3.05, 3.63) is 33.9 Å². The zero-order valence-electron chi connectivity index (χ0n) is 12.0.